The summed E-state index contributed by atoms with van der Waals surface area (Å²) in [5.41, 5.74) is 0. The van der Waals surface area contributed by atoms with Gasteiger partial charge in [-0.3, -0.25) is 0 Å². The van der Waals surface area contributed by atoms with Crippen LogP contribution < -0.4 is 10.2 Å². The minimum Gasteiger partial charge on any atom is -0.547 e. The molecular weight excluding hydrogens is 480 g/mol. The Hall–Kier alpha value is -0.421. The average Bonchev–Trinajstić information content (AvgIpc) is 2.62. The van der Waals surface area contributed by atoms with Crippen LogP contribution in [0, 0.1) is 0 Å². The summed E-state index contributed by atoms with van der Waals surface area (Å²) in [5, 5.41) is 107. The van der Waals surface area contributed by atoms with Crippen molar-refractivity contribution in [2.75, 3.05) is 13.2 Å². The van der Waals surface area contributed by atoms with Crippen molar-refractivity contribution in [1.29, 1.82) is 0 Å². The molecule has 0 aliphatic heterocycles. The van der Waals surface area contributed by atoms with Crippen LogP contribution in [-0.4, -0.2) is 125 Å². The first kappa shape index (κ1) is 35.0. The smallest absolute Gasteiger partial charge is 0.547 e. The Morgan fingerprint density at radius 2 is 0.821 bits per heavy atom. The second-order valence-corrected chi connectivity index (χ2v) is 4.99. The standard InChI is InChI=1S/2C6H12O7.2Fe/c2*7-1-2(8)3(9)4(10)5(11)6(12)13;;/h2*2-5,7-11H,1H2,(H,12,13);;/q;;;+2/p-2/t2*2-,3-,4+,5-;;/m11../s1. The van der Waals surface area contributed by atoms with Gasteiger partial charge in [-0.05, 0) is 0 Å². The predicted molar refractivity (Wildman–Crippen MR) is 72.2 cm³/mol. The minimum absolute atomic E-state index is 0. The number of carboxylic acid groups (broad SMARTS) is 2. The number of aliphatic hydroxyl groups excluding tert-OH is 10. The molecule has 0 aliphatic carbocycles. The first-order valence-corrected chi connectivity index (χ1v) is 6.91. The molecule has 10 N–H and O–H groups in total. The average molecular weight is 502 g/mol. The van der Waals surface area contributed by atoms with E-state index < -0.39 is 74.0 Å². The van der Waals surface area contributed by atoms with Gasteiger partial charge < -0.3 is 70.9 Å². The van der Waals surface area contributed by atoms with Crippen LogP contribution in [0.15, 0.2) is 0 Å². The van der Waals surface area contributed by atoms with Crippen molar-refractivity contribution in [3.63, 3.8) is 0 Å². The van der Waals surface area contributed by atoms with Gasteiger partial charge in [0.1, 0.15) is 48.8 Å². The van der Waals surface area contributed by atoms with E-state index in [1.165, 1.54) is 0 Å². The van der Waals surface area contributed by atoms with Crippen LogP contribution in [0.1, 0.15) is 0 Å². The van der Waals surface area contributed by atoms with Crippen LogP contribution in [-0.2, 0) is 43.7 Å². The Morgan fingerprint density at radius 1 is 0.607 bits per heavy atom. The molecule has 0 aromatic rings. The SMILES string of the molecule is O=C([O-])[C@H](O)[C@@H](O)[C@H](O)[C@H](O)CO.O=C([O-])[C@H](O)[C@@H](O)[C@H](O)[C@H](O)CO.[Fe+2].[Fe]. The van der Waals surface area contributed by atoms with E-state index in [2.05, 4.69) is 0 Å². The van der Waals surface area contributed by atoms with Gasteiger partial charge in [-0.1, -0.05) is 0 Å². The Bertz CT molecular complexity index is 389. The fraction of sp³-hybridized carbons (Fsp3) is 0.833. The summed E-state index contributed by atoms with van der Waals surface area (Å²) in [6, 6.07) is 0. The molecule has 14 nitrogen and oxygen atoms in total. The van der Waals surface area contributed by atoms with Gasteiger partial charge in [-0.15, -0.1) is 0 Å². The summed E-state index contributed by atoms with van der Waals surface area (Å²) in [5.74, 6) is -3.95. The molecule has 0 radical (unpaired) electrons. The van der Waals surface area contributed by atoms with Crippen LogP contribution in [0.25, 0.3) is 0 Å². The van der Waals surface area contributed by atoms with Crippen molar-refractivity contribution in [3.05, 3.63) is 0 Å². The molecule has 0 unspecified atom stereocenters. The van der Waals surface area contributed by atoms with E-state index in [0.717, 1.165) is 0 Å². The van der Waals surface area contributed by atoms with Crippen LogP contribution in [0.2, 0.25) is 0 Å². The molecule has 0 amide bonds. The first-order chi connectivity index (χ1) is 11.8. The summed E-state index contributed by atoms with van der Waals surface area (Å²) in [6.07, 6.45) is -16.2. The van der Waals surface area contributed by atoms with Crippen molar-refractivity contribution in [2.24, 2.45) is 0 Å². The van der Waals surface area contributed by atoms with Crippen molar-refractivity contribution in [3.8, 4) is 0 Å². The maximum absolute atomic E-state index is 9.98. The van der Waals surface area contributed by atoms with Crippen LogP contribution >= 0.6 is 0 Å². The van der Waals surface area contributed by atoms with Crippen LogP contribution in [0.4, 0.5) is 0 Å². The van der Waals surface area contributed by atoms with Gasteiger partial charge in [0.15, 0.2) is 0 Å². The molecule has 0 aliphatic rings. The van der Waals surface area contributed by atoms with E-state index in [9.17, 15) is 19.8 Å². The van der Waals surface area contributed by atoms with Crippen LogP contribution in [0.3, 0.4) is 0 Å². The number of hydrogen-bond acceptors (Lipinski definition) is 14. The molecule has 0 aromatic carbocycles. The third-order valence-corrected chi connectivity index (χ3v) is 2.99. The molecule has 0 saturated carbocycles. The number of aliphatic hydroxyl groups is 10. The zero-order valence-electron chi connectivity index (χ0n) is 13.8. The molecule has 0 spiro atoms. The molecule has 0 saturated heterocycles. The second kappa shape index (κ2) is 17.4. The Morgan fingerprint density at radius 3 is 0.964 bits per heavy atom. The van der Waals surface area contributed by atoms with Gasteiger partial charge in [0.25, 0.3) is 0 Å². The van der Waals surface area contributed by atoms with Crippen molar-refractivity contribution in [1.82, 2.24) is 0 Å². The molecule has 0 rings (SSSR count). The predicted octanol–water partition coefficient (Wildman–Crippen LogP) is -9.66. The van der Waals surface area contributed by atoms with Gasteiger partial charge in [-0.2, -0.15) is 0 Å². The maximum atomic E-state index is 9.98. The van der Waals surface area contributed by atoms with Crippen molar-refractivity contribution in [2.45, 2.75) is 48.8 Å². The number of rotatable bonds is 10. The van der Waals surface area contributed by atoms with Gasteiger partial charge >= 0.3 is 17.1 Å². The largest absolute Gasteiger partial charge is 2.00 e. The Balaban J connectivity index is -0.000000192. The van der Waals surface area contributed by atoms with Gasteiger partial charge in [-0.25, -0.2) is 0 Å². The normalized spacial score (nSPS) is 18.9. The fourth-order valence-corrected chi connectivity index (χ4v) is 1.32. The van der Waals surface area contributed by atoms with Crippen LogP contribution in [0.5, 0.6) is 0 Å². The van der Waals surface area contributed by atoms with E-state index in [0.29, 0.717) is 0 Å². The van der Waals surface area contributed by atoms with Crippen molar-refractivity contribution >= 4 is 11.9 Å². The molecule has 0 aromatic heterocycles. The molecular formula is C12H22Fe2O14. The third kappa shape index (κ3) is 12.2. The number of carbonyl (C=O) groups excluding carboxylic acids is 2. The topological polar surface area (TPSA) is 283 Å². The molecule has 0 heterocycles. The summed E-state index contributed by atoms with van der Waals surface area (Å²) < 4.78 is 0. The molecule has 170 valence electrons. The van der Waals surface area contributed by atoms with Gasteiger partial charge in [0.05, 0.1) is 25.2 Å². The molecule has 28 heavy (non-hydrogen) atoms. The summed E-state index contributed by atoms with van der Waals surface area (Å²) in [4.78, 5) is 20.0. The van der Waals surface area contributed by atoms with Gasteiger partial charge in [0, 0.05) is 17.1 Å². The van der Waals surface area contributed by atoms with E-state index >= 15 is 0 Å². The molecule has 16 heteroatoms. The maximum Gasteiger partial charge on any atom is 2.00 e. The summed E-state index contributed by atoms with van der Waals surface area (Å²) >= 11 is 0. The number of carbonyl (C=O) groups is 2. The molecule has 0 fully saturated rings. The zero-order valence-corrected chi connectivity index (χ0v) is 16.1. The quantitative estimate of drug-likeness (QED) is 0.124. The van der Waals surface area contributed by atoms with E-state index in [-0.39, 0.29) is 34.1 Å². The Kier molecular flexibility index (Phi) is 21.8. The number of carboxylic acids is 2. The monoisotopic (exact) mass is 502 g/mol. The van der Waals surface area contributed by atoms with Crippen molar-refractivity contribution < 1.29 is 105 Å². The van der Waals surface area contributed by atoms with Gasteiger partial charge in [0.2, 0.25) is 0 Å². The zero-order chi connectivity index (χ0) is 21.2. The molecule has 0 bridgehead atoms. The third-order valence-electron chi connectivity index (χ3n) is 2.99. The molecule has 8 atom stereocenters. The fourth-order valence-electron chi connectivity index (χ4n) is 1.32. The van der Waals surface area contributed by atoms with E-state index in [1.54, 1.807) is 0 Å². The second-order valence-electron chi connectivity index (χ2n) is 4.99. The summed E-state index contributed by atoms with van der Waals surface area (Å²) in [7, 11) is 0. The first-order valence-electron chi connectivity index (χ1n) is 6.91. The summed E-state index contributed by atoms with van der Waals surface area (Å²) in [6.45, 7) is -1.73. The number of aliphatic carboxylic acids is 2. The minimum atomic E-state index is -2.31. The number of hydrogen-bond donors (Lipinski definition) is 10. The van der Waals surface area contributed by atoms with E-state index in [1.807, 2.05) is 0 Å². The Labute approximate surface area is 179 Å². The van der Waals surface area contributed by atoms with E-state index in [4.69, 9.17) is 51.1 Å².